The Morgan fingerprint density at radius 3 is 2.93 bits per heavy atom. The molecule has 1 N–H and O–H groups in total. The van der Waals surface area contributed by atoms with Gasteiger partial charge in [0.25, 0.3) is 6.01 Å². The SMILES string of the molecule is CCn1ccnc1OC1(C)CCNCC1. The van der Waals surface area contributed by atoms with Crippen LogP contribution in [-0.4, -0.2) is 28.2 Å². The van der Waals surface area contributed by atoms with Crippen LogP contribution in [0.2, 0.25) is 0 Å². The molecule has 4 heteroatoms. The molecule has 4 nitrogen and oxygen atoms in total. The number of rotatable bonds is 3. The topological polar surface area (TPSA) is 39.1 Å². The molecule has 0 spiro atoms. The molecule has 2 heterocycles. The van der Waals surface area contributed by atoms with Gasteiger partial charge in [-0.2, -0.15) is 0 Å². The zero-order valence-electron chi connectivity index (χ0n) is 9.49. The van der Waals surface area contributed by atoms with Crippen LogP contribution in [-0.2, 0) is 6.54 Å². The van der Waals surface area contributed by atoms with Crippen molar-refractivity contribution in [3.8, 4) is 6.01 Å². The maximum atomic E-state index is 6.02. The highest BCUT2D eigenvalue weighted by Crippen LogP contribution is 2.24. The zero-order chi connectivity index (χ0) is 10.7. The second-order valence-corrected chi connectivity index (χ2v) is 4.30. The van der Waals surface area contributed by atoms with Crippen LogP contribution in [0.1, 0.15) is 26.7 Å². The first-order valence-electron chi connectivity index (χ1n) is 5.64. The summed E-state index contributed by atoms with van der Waals surface area (Å²) in [6.45, 7) is 7.23. The average molecular weight is 209 g/mol. The van der Waals surface area contributed by atoms with Gasteiger partial charge >= 0.3 is 0 Å². The van der Waals surface area contributed by atoms with Gasteiger partial charge in [-0.25, -0.2) is 4.98 Å². The predicted octanol–water partition coefficient (Wildman–Crippen LogP) is 1.42. The normalized spacial score (nSPS) is 20.1. The van der Waals surface area contributed by atoms with E-state index in [0.717, 1.165) is 38.5 Å². The lowest BCUT2D eigenvalue weighted by atomic mass is 9.95. The van der Waals surface area contributed by atoms with Crippen molar-refractivity contribution < 1.29 is 4.74 Å². The van der Waals surface area contributed by atoms with Crippen LogP contribution in [0.15, 0.2) is 12.4 Å². The van der Waals surface area contributed by atoms with Crippen molar-refractivity contribution in [3.05, 3.63) is 12.4 Å². The van der Waals surface area contributed by atoms with Crippen LogP contribution in [0, 0.1) is 0 Å². The van der Waals surface area contributed by atoms with Gasteiger partial charge in [0.05, 0.1) is 0 Å². The monoisotopic (exact) mass is 209 g/mol. The van der Waals surface area contributed by atoms with Crippen molar-refractivity contribution in [2.75, 3.05) is 13.1 Å². The minimum absolute atomic E-state index is 0.0521. The molecule has 1 aliphatic heterocycles. The van der Waals surface area contributed by atoms with Gasteiger partial charge in [-0.1, -0.05) is 0 Å². The molecule has 0 unspecified atom stereocenters. The Hall–Kier alpha value is -1.03. The minimum Gasteiger partial charge on any atom is -0.458 e. The summed E-state index contributed by atoms with van der Waals surface area (Å²) < 4.78 is 8.05. The largest absolute Gasteiger partial charge is 0.458 e. The predicted molar refractivity (Wildman–Crippen MR) is 59.0 cm³/mol. The Morgan fingerprint density at radius 2 is 2.27 bits per heavy atom. The van der Waals surface area contributed by atoms with E-state index < -0.39 is 0 Å². The van der Waals surface area contributed by atoms with Gasteiger partial charge < -0.3 is 14.6 Å². The number of aryl methyl sites for hydroxylation is 1. The first-order chi connectivity index (χ1) is 7.23. The molecule has 0 aliphatic carbocycles. The smallest absolute Gasteiger partial charge is 0.296 e. The standard InChI is InChI=1S/C11H19N3O/c1-3-14-9-8-13-10(14)15-11(2)4-6-12-7-5-11/h8-9,12H,3-7H2,1-2H3. The summed E-state index contributed by atoms with van der Waals surface area (Å²) in [7, 11) is 0. The first kappa shape index (κ1) is 10.5. The molecule has 0 radical (unpaired) electrons. The number of hydrogen-bond donors (Lipinski definition) is 1. The van der Waals surface area contributed by atoms with Crippen molar-refractivity contribution in [1.29, 1.82) is 0 Å². The Labute approximate surface area is 90.6 Å². The van der Waals surface area contributed by atoms with E-state index in [1.165, 1.54) is 0 Å². The lowest BCUT2D eigenvalue weighted by molar-refractivity contribution is 0.0420. The van der Waals surface area contributed by atoms with E-state index in [1.54, 1.807) is 6.20 Å². The third kappa shape index (κ3) is 2.31. The molecule has 0 amide bonds. The van der Waals surface area contributed by atoms with Gasteiger partial charge in [-0.15, -0.1) is 0 Å². The second kappa shape index (κ2) is 4.23. The quantitative estimate of drug-likeness (QED) is 0.818. The van der Waals surface area contributed by atoms with Crippen LogP contribution in [0.4, 0.5) is 0 Å². The van der Waals surface area contributed by atoms with E-state index in [0.29, 0.717) is 0 Å². The van der Waals surface area contributed by atoms with Crippen molar-refractivity contribution in [3.63, 3.8) is 0 Å². The van der Waals surface area contributed by atoms with E-state index in [-0.39, 0.29) is 5.60 Å². The first-order valence-corrected chi connectivity index (χ1v) is 5.64. The molecule has 1 aromatic rings. The zero-order valence-corrected chi connectivity index (χ0v) is 9.49. The van der Waals surface area contributed by atoms with Crippen LogP contribution in [0.5, 0.6) is 6.01 Å². The highest BCUT2D eigenvalue weighted by molar-refractivity contribution is 5.01. The molecule has 0 aromatic carbocycles. The summed E-state index contributed by atoms with van der Waals surface area (Å²) in [4.78, 5) is 4.25. The summed E-state index contributed by atoms with van der Waals surface area (Å²) in [6, 6.07) is 0.752. The van der Waals surface area contributed by atoms with Crippen molar-refractivity contribution in [2.45, 2.75) is 38.8 Å². The summed E-state index contributed by atoms with van der Waals surface area (Å²) in [5, 5.41) is 3.34. The number of nitrogens with zero attached hydrogens (tertiary/aromatic N) is 2. The van der Waals surface area contributed by atoms with Crippen LogP contribution in [0.3, 0.4) is 0 Å². The van der Waals surface area contributed by atoms with Gasteiger partial charge in [0, 0.05) is 18.9 Å². The number of imidazole rings is 1. The van der Waals surface area contributed by atoms with Crippen molar-refractivity contribution >= 4 is 0 Å². The van der Waals surface area contributed by atoms with E-state index in [2.05, 4.69) is 24.1 Å². The number of ether oxygens (including phenoxy) is 1. The van der Waals surface area contributed by atoms with E-state index >= 15 is 0 Å². The average Bonchev–Trinajstić information content (AvgIpc) is 2.65. The molecule has 2 rings (SSSR count). The highest BCUT2D eigenvalue weighted by Gasteiger charge is 2.29. The maximum Gasteiger partial charge on any atom is 0.296 e. The maximum absolute atomic E-state index is 6.02. The van der Waals surface area contributed by atoms with Crippen molar-refractivity contribution in [2.24, 2.45) is 0 Å². The van der Waals surface area contributed by atoms with Gasteiger partial charge in [0.15, 0.2) is 0 Å². The number of nitrogens with one attached hydrogen (secondary N) is 1. The van der Waals surface area contributed by atoms with Crippen LogP contribution in [0.25, 0.3) is 0 Å². The Kier molecular flexibility index (Phi) is 2.95. The number of hydrogen-bond acceptors (Lipinski definition) is 3. The number of piperidine rings is 1. The summed E-state index contributed by atoms with van der Waals surface area (Å²) in [5.74, 6) is 0. The molecule has 1 saturated heterocycles. The Balaban J connectivity index is 2.06. The summed E-state index contributed by atoms with van der Waals surface area (Å²) >= 11 is 0. The lowest BCUT2D eigenvalue weighted by Crippen LogP contribution is -2.44. The van der Waals surface area contributed by atoms with Crippen LogP contribution >= 0.6 is 0 Å². The third-order valence-corrected chi connectivity index (χ3v) is 3.02. The molecular formula is C11H19N3O. The van der Waals surface area contributed by atoms with E-state index in [1.807, 2.05) is 10.8 Å². The van der Waals surface area contributed by atoms with Crippen molar-refractivity contribution in [1.82, 2.24) is 14.9 Å². The molecule has 15 heavy (non-hydrogen) atoms. The highest BCUT2D eigenvalue weighted by atomic mass is 16.5. The fourth-order valence-corrected chi connectivity index (χ4v) is 1.92. The lowest BCUT2D eigenvalue weighted by Gasteiger charge is -2.34. The summed E-state index contributed by atoms with van der Waals surface area (Å²) in [6.07, 6.45) is 5.84. The molecule has 1 aliphatic rings. The van der Waals surface area contributed by atoms with E-state index in [9.17, 15) is 0 Å². The van der Waals surface area contributed by atoms with Gasteiger partial charge in [0.2, 0.25) is 0 Å². The molecular weight excluding hydrogens is 190 g/mol. The van der Waals surface area contributed by atoms with E-state index in [4.69, 9.17) is 4.74 Å². The number of aromatic nitrogens is 2. The van der Waals surface area contributed by atoms with Crippen LogP contribution < -0.4 is 10.1 Å². The van der Waals surface area contributed by atoms with Gasteiger partial charge in [-0.3, -0.25) is 0 Å². The molecule has 84 valence electrons. The Morgan fingerprint density at radius 1 is 1.53 bits per heavy atom. The minimum atomic E-state index is -0.0521. The fraction of sp³-hybridized carbons (Fsp3) is 0.727. The molecule has 1 fully saturated rings. The van der Waals surface area contributed by atoms with Gasteiger partial charge in [0.1, 0.15) is 5.60 Å². The fourth-order valence-electron chi connectivity index (χ4n) is 1.92. The second-order valence-electron chi connectivity index (χ2n) is 4.30. The third-order valence-electron chi connectivity index (χ3n) is 3.02. The molecule has 0 saturated carbocycles. The summed E-state index contributed by atoms with van der Waals surface area (Å²) in [5.41, 5.74) is -0.0521. The molecule has 1 aromatic heterocycles. The Bertz CT molecular complexity index is 315. The molecule has 0 atom stereocenters. The molecule has 0 bridgehead atoms. The van der Waals surface area contributed by atoms with Gasteiger partial charge in [-0.05, 0) is 39.8 Å².